The minimum Gasteiger partial charge on any atom is -0.101 e. The molecule has 0 N–H and O–H groups in total. The van der Waals surface area contributed by atoms with Crippen molar-refractivity contribution in [1.82, 2.24) is 0 Å². The molecule has 0 saturated carbocycles. The van der Waals surface area contributed by atoms with Gasteiger partial charge in [0.05, 0.1) is 20.4 Å². The maximum atomic E-state index is 6.32. The molecule has 0 aromatic rings. The summed E-state index contributed by atoms with van der Waals surface area (Å²) in [7, 11) is 44.6. The first-order chi connectivity index (χ1) is 10.5. The SMILES string of the molecule is [B]B([B])B(B([B])[B])B(B(B(C)C)B(C)C)B(B([B])[B])B([B])[B]C. The average molecular weight is 270 g/mol. The minimum atomic E-state index is -0.662. The molecule has 0 rings (SSSR count). The summed E-state index contributed by atoms with van der Waals surface area (Å²) in [5, 5.41) is 0. The summed E-state index contributed by atoms with van der Waals surface area (Å²) in [6.07, 6.45) is -2.56. The van der Waals surface area contributed by atoms with Crippen molar-refractivity contribution in [2.75, 3.05) is 0 Å². The third-order valence-corrected chi connectivity index (χ3v) is 5.04. The van der Waals surface area contributed by atoms with E-state index in [0.717, 1.165) is 0 Å². The van der Waals surface area contributed by atoms with Crippen molar-refractivity contribution in [3.63, 3.8) is 0 Å². The highest BCUT2D eigenvalue weighted by atomic mass is 13.4. The second-order valence-electron chi connectivity index (χ2n) is 7.44. The molecule has 15 radical (unpaired) electrons. The predicted octanol–water partition coefficient (Wildman–Crippen LogP) is -3.94. The maximum Gasteiger partial charge on any atom is 0.0850 e. The van der Waals surface area contributed by atoms with E-state index < -0.39 is 19.2 Å². The van der Waals surface area contributed by atoms with Crippen molar-refractivity contribution in [3.8, 4) is 0 Å². The normalized spacial score (nSPS) is 9.43. The molecule has 0 spiro atoms. The highest BCUT2D eigenvalue weighted by Crippen LogP contribution is 2.12. The van der Waals surface area contributed by atoms with E-state index in [4.69, 9.17) is 54.2 Å². The third kappa shape index (κ3) is 6.77. The van der Waals surface area contributed by atoms with Crippen LogP contribution >= 0.6 is 0 Å². The summed E-state index contributed by atoms with van der Waals surface area (Å²) in [5.41, 5.74) is 0. The molecule has 0 unspecified atom stereocenters. The van der Waals surface area contributed by atoms with E-state index in [1.807, 2.05) is 14.0 Å². The van der Waals surface area contributed by atoms with E-state index in [9.17, 15) is 0 Å². The molecule has 0 aromatic carbocycles. The number of hydrogen-bond donors (Lipinski definition) is 0. The van der Waals surface area contributed by atoms with Crippen molar-refractivity contribution >= 4 is 126 Å². The topological polar surface area (TPSA) is 0 Å². The summed E-state index contributed by atoms with van der Waals surface area (Å²) < 4.78 is 0. The summed E-state index contributed by atoms with van der Waals surface area (Å²) in [5.74, 6) is 0. The van der Waals surface area contributed by atoms with Crippen molar-refractivity contribution < 1.29 is 0 Å². The van der Waals surface area contributed by atoms with Crippen LogP contribution in [0.15, 0.2) is 0 Å². The quantitative estimate of drug-likeness (QED) is 0.356. The molecule has 0 amide bonds. The molecule has 23 heavy (non-hydrogen) atoms. The van der Waals surface area contributed by atoms with E-state index in [1.54, 1.807) is 0 Å². The fraction of sp³-hybridized carbons (Fsp3) is 1.00. The van der Waals surface area contributed by atoms with Crippen LogP contribution in [0.1, 0.15) is 0 Å². The van der Waals surface area contributed by atoms with Crippen LogP contribution in [0.4, 0.5) is 0 Å². The lowest BCUT2D eigenvalue weighted by Gasteiger charge is -2.44. The Hall–Kier alpha value is 1.17. The zero-order chi connectivity index (χ0) is 18.5. The molecule has 18 heteroatoms. The van der Waals surface area contributed by atoms with Gasteiger partial charge in [-0.25, -0.2) is 0 Å². The molecule has 0 atom stereocenters. The fourth-order valence-corrected chi connectivity index (χ4v) is 4.19. The van der Waals surface area contributed by atoms with Crippen LogP contribution in [-0.2, 0) is 0 Å². The summed E-state index contributed by atoms with van der Waals surface area (Å²) in [6, 6.07) is 0. The molecule has 0 nitrogen and oxygen atoms in total. The van der Waals surface area contributed by atoms with Gasteiger partial charge in [0.25, 0.3) is 0 Å². The maximum absolute atomic E-state index is 6.32. The Morgan fingerprint density at radius 1 is 0.522 bits per heavy atom. The summed E-state index contributed by atoms with van der Waals surface area (Å²) in [4.78, 5) is 0. The van der Waals surface area contributed by atoms with Gasteiger partial charge in [0.15, 0.2) is 0 Å². The largest absolute Gasteiger partial charge is 0.101 e. The summed E-state index contributed by atoms with van der Waals surface area (Å²) >= 11 is 0. The lowest BCUT2D eigenvalue weighted by molar-refractivity contribution is 2.05. The van der Waals surface area contributed by atoms with Gasteiger partial charge < -0.3 is 0 Å². The van der Waals surface area contributed by atoms with Crippen LogP contribution in [0.5, 0.6) is 0 Å². The van der Waals surface area contributed by atoms with Crippen molar-refractivity contribution in [2.24, 2.45) is 0 Å². The Morgan fingerprint density at radius 3 is 1.09 bits per heavy atom. The molecule has 0 heterocycles. The molecule has 0 bridgehead atoms. The Morgan fingerprint density at radius 2 is 0.870 bits per heavy atom. The van der Waals surface area contributed by atoms with Crippen LogP contribution in [0.3, 0.4) is 0 Å². The van der Waals surface area contributed by atoms with E-state index in [0.29, 0.717) is 13.2 Å². The molecule has 0 aliphatic rings. The number of hydrogen-bond acceptors (Lipinski definition) is 0. The van der Waals surface area contributed by atoms with Crippen LogP contribution in [0.2, 0.25) is 34.1 Å². The Bertz CT molecular complexity index is 279. The molecule has 0 saturated heterocycles. The lowest BCUT2D eigenvalue weighted by Crippen LogP contribution is -2.82. The fourth-order valence-electron chi connectivity index (χ4n) is 4.19. The molecule has 89 valence electrons. The van der Waals surface area contributed by atoms with Gasteiger partial charge in [-0.05, 0) is 0 Å². The first-order valence-electron chi connectivity index (χ1n) is 8.55. The zero-order valence-electron chi connectivity index (χ0n) is 15.4. The zero-order valence-corrected chi connectivity index (χ0v) is 15.4. The van der Waals surface area contributed by atoms with Gasteiger partial charge in [-0.1, -0.05) is 27.3 Å². The smallest absolute Gasteiger partial charge is 0.0850 e. The second kappa shape index (κ2) is 11.0. The average Bonchev–Trinajstić information content (AvgIpc) is 2.36. The molecule has 0 aliphatic heterocycles. The van der Waals surface area contributed by atoms with Gasteiger partial charge in [0.2, 0.25) is 0 Å². The highest BCUT2D eigenvalue weighted by Gasteiger charge is 2.48. The van der Waals surface area contributed by atoms with Gasteiger partial charge in [0, 0.05) is 105 Å². The highest BCUT2D eigenvalue weighted by molar-refractivity contribution is 8.18. The van der Waals surface area contributed by atoms with Crippen LogP contribution in [0, 0.1) is 0 Å². The van der Waals surface area contributed by atoms with Gasteiger partial charge in [-0.15, -0.1) is 6.82 Å². The van der Waals surface area contributed by atoms with Crippen molar-refractivity contribution in [3.05, 3.63) is 0 Å². The Balaban J connectivity index is 6.12. The summed E-state index contributed by atoms with van der Waals surface area (Å²) in [6.45, 7) is 11.3. The predicted molar refractivity (Wildman–Crippen MR) is 133 cm³/mol. The second-order valence-corrected chi connectivity index (χ2v) is 7.44. The molecule has 0 aliphatic carbocycles. The van der Waals surface area contributed by atoms with Gasteiger partial charge in [-0.2, -0.15) is 0 Å². The standard InChI is InChI=1S/C5H15B18/c1-13-19(12)22(18(10)11)23(20(14(2)3)15(4)5)21(16(6)7)17(8)9/h1-5H3. The first-order valence-corrected chi connectivity index (χ1v) is 8.55. The van der Waals surface area contributed by atoms with Gasteiger partial charge in [0.1, 0.15) is 0 Å². The van der Waals surface area contributed by atoms with Crippen molar-refractivity contribution in [1.29, 1.82) is 0 Å². The molecular formula is C5H15B18. The van der Waals surface area contributed by atoms with E-state index in [1.165, 1.54) is 0 Å². The molecule has 0 aromatic heterocycles. The van der Waals surface area contributed by atoms with Crippen LogP contribution < -0.4 is 0 Å². The first kappa shape index (κ1) is 24.2. The van der Waals surface area contributed by atoms with Crippen LogP contribution in [0.25, 0.3) is 0 Å². The monoisotopic (exact) mass is 273 g/mol. The lowest BCUT2D eigenvalue weighted by atomic mass is 8.38. The Kier molecular flexibility index (Phi) is 11.6. The third-order valence-electron chi connectivity index (χ3n) is 5.04. The Labute approximate surface area is 159 Å². The van der Waals surface area contributed by atoms with E-state index in [2.05, 4.69) is 27.3 Å². The number of rotatable bonds is 10. The molecular weight excluding hydrogens is 255 g/mol. The van der Waals surface area contributed by atoms with E-state index >= 15 is 0 Å². The van der Waals surface area contributed by atoms with E-state index in [-0.39, 0.29) is 31.9 Å². The van der Waals surface area contributed by atoms with Gasteiger partial charge >= 0.3 is 0 Å². The molecule has 0 fully saturated rings. The minimum absolute atomic E-state index is 0.0683. The van der Waals surface area contributed by atoms with Crippen LogP contribution in [-0.4, -0.2) is 126 Å². The van der Waals surface area contributed by atoms with Gasteiger partial charge in [-0.3, -0.25) is 0 Å². The van der Waals surface area contributed by atoms with Crippen molar-refractivity contribution in [2.45, 2.75) is 34.1 Å².